The highest BCUT2D eigenvalue weighted by atomic mass is 32.2. The fourth-order valence-corrected chi connectivity index (χ4v) is 2.84. The van der Waals surface area contributed by atoms with Gasteiger partial charge in [-0.05, 0) is 17.7 Å². The number of thioether (sulfide) groups is 1. The molecule has 1 heterocycles. The van der Waals surface area contributed by atoms with E-state index in [-0.39, 0.29) is 5.82 Å². The summed E-state index contributed by atoms with van der Waals surface area (Å²) in [6.45, 7) is 0.817. The van der Waals surface area contributed by atoms with Crippen molar-refractivity contribution in [2.75, 3.05) is 23.4 Å². The van der Waals surface area contributed by atoms with Gasteiger partial charge in [-0.3, -0.25) is 0 Å². The van der Waals surface area contributed by atoms with Gasteiger partial charge in [0.05, 0.1) is 5.75 Å². The lowest BCUT2D eigenvalue weighted by atomic mass is 10.2. The van der Waals surface area contributed by atoms with Gasteiger partial charge < -0.3 is 5.32 Å². The van der Waals surface area contributed by atoms with Crippen molar-refractivity contribution in [1.29, 1.82) is 0 Å². The Labute approximate surface area is 126 Å². The number of aromatic nitrogens is 2. The number of nitrogens with zero attached hydrogens (tertiary/aromatic N) is 2. The molecule has 1 aromatic carbocycles. The molecule has 0 spiro atoms. The monoisotopic (exact) mass is 307 g/mol. The van der Waals surface area contributed by atoms with Crippen LogP contribution in [0.2, 0.25) is 0 Å². The Hall–Kier alpha value is -1.58. The predicted molar refractivity (Wildman–Crippen MR) is 83.8 cm³/mol. The Morgan fingerprint density at radius 2 is 2.10 bits per heavy atom. The number of anilines is 1. The summed E-state index contributed by atoms with van der Waals surface area (Å²) >= 11 is 3.22. The summed E-state index contributed by atoms with van der Waals surface area (Å²) in [5.74, 6) is 4.03. The standard InChI is InChI=1S/C14H14FN3S2/c1-2-8-19-9-7-16-14-18-17-13(20-14)10-11-3-5-12(15)6-4-11/h1,3-6H,7-10H2,(H,16,18). The molecule has 104 valence electrons. The average molecular weight is 307 g/mol. The van der Waals surface area contributed by atoms with E-state index >= 15 is 0 Å². The zero-order valence-corrected chi connectivity index (χ0v) is 12.4. The number of rotatable bonds is 7. The van der Waals surface area contributed by atoms with Crippen LogP contribution in [-0.2, 0) is 6.42 Å². The van der Waals surface area contributed by atoms with Crippen molar-refractivity contribution in [3.05, 3.63) is 40.7 Å². The van der Waals surface area contributed by atoms with Crippen LogP contribution in [0.25, 0.3) is 0 Å². The fourth-order valence-electron chi connectivity index (χ4n) is 1.53. The quantitative estimate of drug-likeness (QED) is 0.630. The molecule has 0 fully saturated rings. The SMILES string of the molecule is C#CCSCCNc1nnc(Cc2ccc(F)cc2)s1. The summed E-state index contributed by atoms with van der Waals surface area (Å²) in [6.07, 6.45) is 5.84. The molecule has 20 heavy (non-hydrogen) atoms. The van der Waals surface area contributed by atoms with Gasteiger partial charge in [-0.15, -0.1) is 28.4 Å². The molecular weight excluding hydrogens is 293 g/mol. The van der Waals surface area contributed by atoms with Crippen molar-refractivity contribution in [2.24, 2.45) is 0 Å². The van der Waals surface area contributed by atoms with Crippen LogP contribution < -0.4 is 5.32 Å². The maximum atomic E-state index is 12.8. The minimum atomic E-state index is -0.224. The Balaban J connectivity index is 1.80. The van der Waals surface area contributed by atoms with Crippen molar-refractivity contribution in [1.82, 2.24) is 10.2 Å². The number of hydrogen-bond donors (Lipinski definition) is 1. The molecule has 0 saturated heterocycles. The molecule has 1 aromatic heterocycles. The summed E-state index contributed by atoms with van der Waals surface area (Å²) in [4.78, 5) is 0. The lowest BCUT2D eigenvalue weighted by Crippen LogP contribution is -2.03. The van der Waals surface area contributed by atoms with E-state index in [2.05, 4.69) is 21.4 Å². The first-order valence-corrected chi connectivity index (χ1v) is 8.07. The van der Waals surface area contributed by atoms with E-state index in [1.54, 1.807) is 23.9 Å². The third-order valence-corrected chi connectivity index (χ3v) is 4.19. The zero-order chi connectivity index (χ0) is 14.2. The van der Waals surface area contributed by atoms with Crippen molar-refractivity contribution in [3.63, 3.8) is 0 Å². The number of terminal acetylenes is 1. The number of halogens is 1. The van der Waals surface area contributed by atoms with E-state index < -0.39 is 0 Å². The Kier molecular flexibility index (Phi) is 5.84. The molecule has 3 nitrogen and oxygen atoms in total. The van der Waals surface area contributed by atoms with Crippen molar-refractivity contribution in [3.8, 4) is 12.3 Å². The number of nitrogens with one attached hydrogen (secondary N) is 1. The molecule has 0 atom stereocenters. The van der Waals surface area contributed by atoms with Gasteiger partial charge in [-0.1, -0.05) is 29.4 Å². The lowest BCUT2D eigenvalue weighted by Gasteiger charge is -1.99. The highest BCUT2D eigenvalue weighted by Gasteiger charge is 2.05. The molecule has 0 saturated carbocycles. The molecule has 6 heteroatoms. The van der Waals surface area contributed by atoms with E-state index in [1.165, 1.54) is 23.5 Å². The summed E-state index contributed by atoms with van der Waals surface area (Å²) in [5, 5.41) is 13.1. The molecule has 0 unspecified atom stereocenters. The van der Waals surface area contributed by atoms with Gasteiger partial charge in [0.1, 0.15) is 10.8 Å². The highest BCUT2D eigenvalue weighted by Crippen LogP contribution is 2.18. The second-order valence-electron chi connectivity index (χ2n) is 3.99. The minimum Gasteiger partial charge on any atom is -0.359 e. The van der Waals surface area contributed by atoms with Crippen LogP contribution in [0.5, 0.6) is 0 Å². The van der Waals surface area contributed by atoms with Gasteiger partial charge in [0.25, 0.3) is 0 Å². The summed E-state index contributed by atoms with van der Waals surface area (Å²) in [7, 11) is 0. The fraction of sp³-hybridized carbons (Fsp3) is 0.286. The molecule has 0 bridgehead atoms. The van der Waals surface area contributed by atoms with Gasteiger partial charge in [0.2, 0.25) is 5.13 Å². The molecule has 0 amide bonds. The molecule has 0 aliphatic carbocycles. The average Bonchev–Trinajstić information content (AvgIpc) is 2.89. The van der Waals surface area contributed by atoms with Gasteiger partial charge >= 0.3 is 0 Å². The van der Waals surface area contributed by atoms with Crippen LogP contribution in [0, 0.1) is 18.2 Å². The topological polar surface area (TPSA) is 37.8 Å². The van der Waals surface area contributed by atoms with Crippen LogP contribution in [0.15, 0.2) is 24.3 Å². The Bertz CT molecular complexity index is 575. The van der Waals surface area contributed by atoms with E-state index in [0.29, 0.717) is 6.42 Å². The minimum absolute atomic E-state index is 0.224. The van der Waals surface area contributed by atoms with Gasteiger partial charge in [0, 0.05) is 18.7 Å². The third-order valence-electron chi connectivity index (χ3n) is 2.44. The summed E-state index contributed by atoms with van der Waals surface area (Å²) in [6, 6.07) is 6.44. The van der Waals surface area contributed by atoms with Crippen molar-refractivity contribution in [2.45, 2.75) is 6.42 Å². The van der Waals surface area contributed by atoms with Crippen molar-refractivity contribution >= 4 is 28.2 Å². The smallest absolute Gasteiger partial charge is 0.205 e. The Morgan fingerprint density at radius 1 is 1.30 bits per heavy atom. The first kappa shape index (κ1) is 14.8. The molecule has 2 aromatic rings. The van der Waals surface area contributed by atoms with Gasteiger partial charge in [0.15, 0.2) is 0 Å². The second-order valence-corrected chi connectivity index (χ2v) is 6.15. The van der Waals surface area contributed by atoms with E-state index in [1.807, 2.05) is 0 Å². The highest BCUT2D eigenvalue weighted by molar-refractivity contribution is 7.99. The van der Waals surface area contributed by atoms with Crippen LogP contribution >= 0.6 is 23.1 Å². The van der Waals surface area contributed by atoms with Crippen LogP contribution in [0.3, 0.4) is 0 Å². The van der Waals surface area contributed by atoms with Crippen molar-refractivity contribution < 1.29 is 4.39 Å². The zero-order valence-electron chi connectivity index (χ0n) is 10.8. The first-order valence-electron chi connectivity index (χ1n) is 6.10. The largest absolute Gasteiger partial charge is 0.359 e. The molecule has 0 radical (unpaired) electrons. The van der Waals surface area contributed by atoms with Crippen LogP contribution in [0.4, 0.5) is 9.52 Å². The first-order chi connectivity index (χ1) is 9.78. The Morgan fingerprint density at radius 3 is 2.85 bits per heavy atom. The van der Waals surface area contributed by atoms with Gasteiger partial charge in [-0.25, -0.2) is 4.39 Å². The number of hydrogen-bond acceptors (Lipinski definition) is 5. The number of benzene rings is 1. The van der Waals surface area contributed by atoms with Crippen LogP contribution in [0.1, 0.15) is 10.6 Å². The van der Waals surface area contributed by atoms with E-state index in [4.69, 9.17) is 6.42 Å². The molecule has 2 rings (SSSR count). The molecular formula is C14H14FN3S2. The predicted octanol–water partition coefficient (Wildman–Crippen LogP) is 3.05. The van der Waals surface area contributed by atoms with Gasteiger partial charge in [-0.2, -0.15) is 0 Å². The van der Waals surface area contributed by atoms with E-state index in [9.17, 15) is 4.39 Å². The third kappa shape index (κ3) is 4.83. The molecule has 0 aliphatic heterocycles. The van der Waals surface area contributed by atoms with E-state index in [0.717, 1.165) is 33.8 Å². The summed E-state index contributed by atoms with van der Waals surface area (Å²) in [5.41, 5.74) is 1.03. The maximum absolute atomic E-state index is 12.8. The second kappa shape index (κ2) is 7.88. The maximum Gasteiger partial charge on any atom is 0.205 e. The summed E-state index contributed by atoms with van der Waals surface area (Å²) < 4.78 is 12.8. The van der Waals surface area contributed by atoms with Crippen LogP contribution in [-0.4, -0.2) is 28.2 Å². The molecule has 0 aliphatic rings. The molecule has 1 N–H and O–H groups in total. The lowest BCUT2D eigenvalue weighted by molar-refractivity contribution is 0.627. The normalized spacial score (nSPS) is 10.2.